The maximum Gasteiger partial charge on any atom is 0.270 e. The summed E-state index contributed by atoms with van der Waals surface area (Å²) in [7, 11) is 4.44. The molecule has 0 aliphatic carbocycles. The van der Waals surface area contributed by atoms with Crippen molar-refractivity contribution in [1.29, 1.82) is 0 Å². The van der Waals surface area contributed by atoms with Crippen molar-refractivity contribution in [3.8, 4) is 0 Å². The molecule has 4 aromatic rings. The Morgan fingerprint density at radius 2 is 1.97 bits per heavy atom. The Bertz CT molecular complexity index is 1370. The Morgan fingerprint density at radius 3 is 2.80 bits per heavy atom. The van der Waals surface area contributed by atoms with Crippen LogP contribution >= 0.6 is 9.24 Å². The van der Waals surface area contributed by atoms with Crippen LogP contribution in [0.15, 0.2) is 47.3 Å². The minimum atomic E-state index is -0.299. The summed E-state index contributed by atoms with van der Waals surface area (Å²) < 4.78 is 5.74. The molecule has 2 atom stereocenters. The maximum absolute atomic E-state index is 13.3. The number of carbonyl (C=O) groups excluding carboxylic acids is 1. The molecule has 2 N–H and O–H groups in total. The zero-order chi connectivity index (χ0) is 21.0. The van der Waals surface area contributed by atoms with E-state index in [-0.39, 0.29) is 17.5 Å². The van der Waals surface area contributed by atoms with Crippen LogP contribution in [0.2, 0.25) is 0 Å². The van der Waals surface area contributed by atoms with Gasteiger partial charge in [0.15, 0.2) is 0 Å². The number of ether oxygens (including phenoxy) is 1. The van der Waals surface area contributed by atoms with Crippen molar-refractivity contribution in [2.45, 2.75) is 19.6 Å². The molecule has 30 heavy (non-hydrogen) atoms. The first-order valence-electron chi connectivity index (χ1n) is 9.81. The van der Waals surface area contributed by atoms with Crippen LogP contribution < -0.4 is 10.9 Å². The topological polar surface area (TPSA) is 78.2 Å². The third kappa shape index (κ3) is 3.04. The molecule has 0 bridgehead atoms. The van der Waals surface area contributed by atoms with Crippen LogP contribution in [0.25, 0.3) is 21.7 Å². The van der Waals surface area contributed by atoms with Crippen molar-refractivity contribution in [3.05, 3.63) is 75.3 Å². The van der Waals surface area contributed by atoms with Gasteiger partial charge >= 0.3 is 0 Å². The van der Waals surface area contributed by atoms with E-state index in [0.717, 1.165) is 38.4 Å². The fourth-order valence-corrected chi connectivity index (χ4v) is 4.53. The van der Waals surface area contributed by atoms with Crippen LogP contribution in [-0.2, 0) is 11.3 Å². The summed E-state index contributed by atoms with van der Waals surface area (Å²) in [6, 6.07) is 13.4. The Balaban J connectivity index is 1.59. The van der Waals surface area contributed by atoms with Gasteiger partial charge in [-0.1, -0.05) is 29.8 Å². The second kappa shape index (κ2) is 7.08. The molecule has 6 nitrogen and oxygen atoms in total. The van der Waals surface area contributed by atoms with Crippen LogP contribution in [0.5, 0.6) is 0 Å². The number of fused-ring (bicyclic) bond motifs is 4. The van der Waals surface area contributed by atoms with Gasteiger partial charge in [0.1, 0.15) is 5.69 Å². The molecule has 0 spiro atoms. The third-order valence-electron chi connectivity index (χ3n) is 5.82. The lowest BCUT2D eigenvalue weighted by Gasteiger charge is -2.33. The lowest BCUT2D eigenvalue weighted by molar-refractivity contribution is 0.0333. The fourth-order valence-electron chi connectivity index (χ4n) is 4.26. The molecule has 2 aromatic heterocycles. The van der Waals surface area contributed by atoms with E-state index in [0.29, 0.717) is 24.3 Å². The van der Waals surface area contributed by atoms with E-state index in [1.807, 2.05) is 49.4 Å². The van der Waals surface area contributed by atoms with Crippen LogP contribution in [-0.4, -0.2) is 34.4 Å². The highest BCUT2D eigenvalue weighted by atomic mass is 31.0. The summed E-state index contributed by atoms with van der Waals surface area (Å²) in [5.41, 5.74) is 4.03. The number of carbonyl (C=O) groups is 1. The molecular formula is C23H22N3O3P. The van der Waals surface area contributed by atoms with Crippen molar-refractivity contribution in [2.75, 3.05) is 13.7 Å². The Labute approximate surface area is 175 Å². The van der Waals surface area contributed by atoms with E-state index in [9.17, 15) is 9.59 Å². The van der Waals surface area contributed by atoms with E-state index in [4.69, 9.17) is 4.74 Å². The summed E-state index contributed by atoms with van der Waals surface area (Å²) in [5.74, 6) is -0.121. The normalized spacial score (nSPS) is 16.0. The molecule has 2 aromatic carbocycles. The molecule has 2 unspecified atom stereocenters. The zero-order valence-electron chi connectivity index (χ0n) is 16.8. The summed E-state index contributed by atoms with van der Waals surface area (Å²) >= 11 is 0. The number of hydrogen-bond donors (Lipinski definition) is 2. The number of amides is 1. The van der Waals surface area contributed by atoms with Gasteiger partial charge in [-0.25, -0.2) is 0 Å². The first-order valence-corrected chi connectivity index (χ1v) is 10.4. The summed E-state index contributed by atoms with van der Waals surface area (Å²) in [4.78, 5) is 33.8. The van der Waals surface area contributed by atoms with Gasteiger partial charge in [0.05, 0.1) is 19.3 Å². The van der Waals surface area contributed by atoms with Crippen molar-refractivity contribution in [3.63, 3.8) is 0 Å². The zero-order valence-corrected chi connectivity index (χ0v) is 17.9. The third-order valence-corrected chi connectivity index (χ3v) is 6.18. The molecule has 3 heterocycles. The van der Waals surface area contributed by atoms with E-state index in [1.54, 1.807) is 11.9 Å². The summed E-state index contributed by atoms with van der Waals surface area (Å²) in [6.07, 6.45) is 0. The number of H-pyrrole nitrogens is 2. The van der Waals surface area contributed by atoms with Crippen LogP contribution in [0.4, 0.5) is 0 Å². The second-order valence-corrected chi connectivity index (χ2v) is 8.54. The highest BCUT2D eigenvalue weighted by molar-refractivity contribution is 7.27. The monoisotopic (exact) mass is 419 g/mol. The standard InChI is InChI=1S/C23H22N3O3P/c1-12-3-6-15-16(7-12)22(27)25-19-10-29-11-20(21(15)19)26(2)23(28)18-8-13-4-5-14(30)9-17(13)24-18/h3-9,20,24H,10-11,30H2,1-2H3,(H,25,27). The number of rotatable bonds is 2. The van der Waals surface area contributed by atoms with Crippen LogP contribution in [0.1, 0.15) is 33.4 Å². The SMILES string of the molecule is Cc1ccc2c3c([nH]c(=O)c2c1)COCC3N(C)C(=O)c1cc2ccc(P)cc2[nH]1. The number of likely N-dealkylation sites (N-methyl/N-ethyl adjacent to an activating group) is 1. The number of aryl methyl sites for hydroxylation is 1. The van der Waals surface area contributed by atoms with E-state index >= 15 is 0 Å². The van der Waals surface area contributed by atoms with E-state index in [2.05, 4.69) is 19.2 Å². The fraction of sp³-hybridized carbons (Fsp3) is 0.217. The largest absolute Gasteiger partial charge is 0.373 e. The van der Waals surface area contributed by atoms with Gasteiger partial charge in [-0.2, -0.15) is 0 Å². The highest BCUT2D eigenvalue weighted by Gasteiger charge is 2.31. The minimum Gasteiger partial charge on any atom is -0.373 e. The molecule has 0 saturated carbocycles. The van der Waals surface area contributed by atoms with Gasteiger partial charge < -0.3 is 19.6 Å². The number of aromatic nitrogens is 2. The molecular weight excluding hydrogens is 397 g/mol. The van der Waals surface area contributed by atoms with Crippen molar-refractivity contribution >= 4 is 42.1 Å². The number of nitrogens with one attached hydrogen (secondary N) is 2. The van der Waals surface area contributed by atoms with Crippen molar-refractivity contribution < 1.29 is 9.53 Å². The van der Waals surface area contributed by atoms with Gasteiger partial charge in [0.25, 0.3) is 11.5 Å². The lowest BCUT2D eigenvalue weighted by Crippen LogP contribution is -2.37. The molecule has 1 amide bonds. The maximum atomic E-state index is 13.3. The quantitative estimate of drug-likeness (QED) is 0.490. The van der Waals surface area contributed by atoms with Gasteiger partial charge in [0.2, 0.25) is 0 Å². The van der Waals surface area contributed by atoms with Crippen molar-refractivity contribution in [1.82, 2.24) is 14.9 Å². The first kappa shape index (κ1) is 19.0. The highest BCUT2D eigenvalue weighted by Crippen LogP contribution is 2.33. The first-order chi connectivity index (χ1) is 14.4. The number of nitrogens with zero attached hydrogens (tertiary/aromatic N) is 1. The minimum absolute atomic E-state index is 0.121. The Morgan fingerprint density at radius 1 is 1.13 bits per heavy atom. The molecule has 0 fully saturated rings. The number of aromatic amines is 2. The summed E-state index contributed by atoms with van der Waals surface area (Å²) in [6.45, 7) is 2.67. The van der Waals surface area contributed by atoms with Crippen molar-refractivity contribution in [2.24, 2.45) is 0 Å². The second-order valence-electron chi connectivity index (χ2n) is 7.87. The lowest BCUT2D eigenvalue weighted by atomic mass is 9.94. The Kier molecular flexibility index (Phi) is 4.49. The number of pyridine rings is 1. The molecule has 7 heteroatoms. The predicted molar refractivity (Wildman–Crippen MR) is 121 cm³/mol. The molecule has 5 rings (SSSR count). The van der Waals surface area contributed by atoms with Gasteiger partial charge in [-0.05, 0) is 35.8 Å². The Hall–Kier alpha value is -2.95. The van der Waals surface area contributed by atoms with Gasteiger partial charge in [-0.3, -0.25) is 9.59 Å². The molecule has 1 aliphatic heterocycles. The molecule has 1 aliphatic rings. The van der Waals surface area contributed by atoms with Gasteiger partial charge in [-0.15, -0.1) is 9.24 Å². The smallest absolute Gasteiger partial charge is 0.270 e. The van der Waals surface area contributed by atoms with E-state index < -0.39 is 0 Å². The predicted octanol–water partition coefficient (Wildman–Crippen LogP) is 3.16. The molecule has 152 valence electrons. The average molecular weight is 419 g/mol. The van der Waals surface area contributed by atoms with Crippen LogP contribution in [0, 0.1) is 6.92 Å². The molecule has 0 radical (unpaired) electrons. The number of benzene rings is 2. The summed E-state index contributed by atoms with van der Waals surface area (Å²) in [5, 5.41) is 3.55. The van der Waals surface area contributed by atoms with E-state index in [1.165, 1.54) is 0 Å². The molecule has 0 saturated heterocycles. The van der Waals surface area contributed by atoms with Gasteiger partial charge in [0, 0.05) is 34.6 Å². The van der Waals surface area contributed by atoms with Crippen LogP contribution in [0.3, 0.4) is 0 Å². The number of hydrogen-bond acceptors (Lipinski definition) is 3. The average Bonchev–Trinajstić information content (AvgIpc) is 3.15.